The second kappa shape index (κ2) is 10.5. The van der Waals surface area contributed by atoms with E-state index in [-0.39, 0.29) is 0 Å². The molecule has 0 saturated carbocycles. The normalized spacial score (nSPS) is 13.4. The van der Waals surface area contributed by atoms with Crippen LogP contribution in [0.5, 0.6) is 0 Å². The lowest BCUT2D eigenvalue weighted by atomic mass is 10.2. The highest BCUT2D eigenvalue weighted by Crippen LogP contribution is 2.32. The van der Waals surface area contributed by atoms with Crippen LogP contribution in [0.15, 0.2) is 76.4 Å². The highest BCUT2D eigenvalue weighted by atomic mass is 32.1. The van der Waals surface area contributed by atoms with E-state index >= 15 is 0 Å². The van der Waals surface area contributed by atoms with E-state index in [0.29, 0.717) is 5.13 Å². The molecule has 34 heavy (non-hydrogen) atoms. The van der Waals surface area contributed by atoms with Crippen molar-refractivity contribution in [1.82, 2.24) is 4.98 Å². The molecule has 0 spiro atoms. The fourth-order valence-corrected chi connectivity index (χ4v) is 5.00. The summed E-state index contributed by atoms with van der Waals surface area (Å²) in [6.07, 6.45) is 4.30. The van der Waals surface area contributed by atoms with Crippen LogP contribution in [0.2, 0.25) is 0 Å². The summed E-state index contributed by atoms with van der Waals surface area (Å²) in [4.78, 5) is 6.55. The molecule has 0 aliphatic carbocycles. The van der Waals surface area contributed by atoms with Crippen LogP contribution >= 0.6 is 22.7 Å². The number of nitrogens with zero attached hydrogens (tertiary/aromatic N) is 4. The number of hydrogen-bond acceptors (Lipinski definition) is 10. The van der Waals surface area contributed by atoms with E-state index in [0.717, 1.165) is 46.4 Å². The molecule has 8 nitrogen and oxygen atoms in total. The Kier molecular flexibility index (Phi) is 6.87. The minimum absolute atomic E-state index is 0.648. The molecule has 10 heteroatoms. The Morgan fingerprint density at radius 3 is 2.41 bits per heavy atom. The molecule has 0 unspecified atom stereocenters. The van der Waals surface area contributed by atoms with Crippen molar-refractivity contribution in [2.75, 3.05) is 39.7 Å². The van der Waals surface area contributed by atoms with Crippen LogP contribution in [0.25, 0.3) is 0 Å². The van der Waals surface area contributed by atoms with Crippen molar-refractivity contribution in [3.8, 4) is 0 Å². The number of azo groups is 1. The fourth-order valence-electron chi connectivity index (χ4n) is 3.63. The molecule has 1 fully saturated rings. The zero-order chi connectivity index (χ0) is 23.2. The highest BCUT2D eigenvalue weighted by molar-refractivity contribution is 7.20. The molecule has 2 aromatic carbocycles. The Hall–Kier alpha value is -3.63. The second-order valence-corrected chi connectivity index (χ2v) is 9.86. The van der Waals surface area contributed by atoms with Crippen molar-refractivity contribution in [2.24, 2.45) is 10.2 Å². The quantitative estimate of drug-likeness (QED) is 0.144. The molecule has 1 aliphatic rings. The molecule has 0 radical (unpaired) electrons. The standard InChI is InChI=1S/C24H26N8S2/c1-17-16-20(28-30-22-10-11-23(34-22)32-13-2-3-14-32)8-9-21(17)29-26-18-4-6-19(7-5-18)27-31-24-25-12-15-33-24/h4-12,15-16,26,28-30H,2-3,13-14H2,1H3/b31-27+. The van der Waals surface area contributed by atoms with Gasteiger partial charge < -0.3 is 21.2 Å². The average molecular weight is 491 g/mol. The average Bonchev–Trinajstić information content (AvgIpc) is 3.64. The first-order valence-corrected chi connectivity index (χ1v) is 12.8. The molecule has 1 aliphatic heterocycles. The minimum atomic E-state index is 0.648. The highest BCUT2D eigenvalue weighted by Gasteiger charge is 2.14. The molecule has 174 valence electrons. The minimum Gasteiger partial charge on any atom is -0.363 e. The Balaban J connectivity index is 1.12. The van der Waals surface area contributed by atoms with Crippen molar-refractivity contribution in [1.29, 1.82) is 0 Å². The molecule has 3 heterocycles. The zero-order valence-corrected chi connectivity index (χ0v) is 20.4. The van der Waals surface area contributed by atoms with E-state index in [1.807, 2.05) is 41.8 Å². The van der Waals surface area contributed by atoms with Crippen LogP contribution in [-0.4, -0.2) is 18.1 Å². The molecule has 0 bridgehead atoms. The summed E-state index contributed by atoms with van der Waals surface area (Å²) in [5, 5.41) is 13.3. The summed E-state index contributed by atoms with van der Waals surface area (Å²) in [5.74, 6) is 0. The third kappa shape index (κ3) is 5.64. The lowest BCUT2D eigenvalue weighted by Gasteiger charge is -2.15. The van der Waals surface area contributed by atoms with E-state index in [4.69, 9.17) is 0 Å². The first-order valence-electron chi connectivity index (χ1n) is 11.1. The Labute approximate surface area is 206 Å². The largest absolute Gasteiger partial charge is 0.363 e. The number of thiophene rings is 1. The summed E-state index contributed by atoms with van der Waals surface area (Å²) >= 11 is 3.24. The maximum Gasteiger partial charge on any atom is 0.229 e. The topological polar surface area (TPSA) is 89.0 Å². The molecule has 1 saturated heterocycles. The predicted octanol–water partition coefficient (Wildman–Crippen LogP) is 7.41. The number of thiazole rings is 1. The predicted molar refractivity (Wildman–Crippen MR) is 144 cm³/mol. The monoisotopic (exact) mass is 490 g/mol. The number of hydrazine groups is 2. The number of aromatic nitrogens is 1. The summed E-state index contributed by atoms with van der Waals surface area (Å²) < 4.78 is 0. The van der Waals surface area contributed by atoms with Crippen molar-refractivity contribution < 1.29 is 0 Å². The van der Waals surface area contributed by atoms with Gasteiger partial charge in [0.2, 0.25) is 5.13 Å². The molecular weight excluding hydrogens is 464 g/mol. The number of anilines is 5. The van der Waals surface area contributed by atoms with Crippen molar-refractivity contribution >= 4 is 60.6 Å². The number of aryl methyl sites for hydroxylation is 1. The van der Waals surface area contributed by atoms with Crippen LogP contribution in [0.4, 0.5) is 37.9 Å². The van der Waals surface area contributed by atoms with E-state index in [2.05, 4.69) is 66.9 Å². The van der Waals surface area contributed by atoms with Gasteiger partial charge in [-0.1, -0.05) is 11.3 Å². The lowest BCUT2D eigenvalue weighted by Crippen LogP contribution is -2.15. The van der Waals surface area contributed by atoms with E-state index in [1.165, 1.54) is 29.2 Å². The third-order valence-electron chi connectivity index (χ3n) is 5.45. The molecule has 4 N–H and O–H groups in total. The molecule has 4 aromatic rings. The Bertz CT molecular complexity index is 1230. The van der Waals surface area contributed by atoms with Gasteiger partial charge in [0, 0.05) is 24.7 Å². The van der Waals surface area contributed by atoms with Crippen LogP contribution in [0.1, 0.15) is 18.4 Å². The number of rotatable bonds is 9. The first-order chi connectivity index (χ1) is 16.7. The second-order valence-electron chi connectivity index (χ2n) is 7.92. The van der Waals surface area contributed by atoms with Crippen molar-refractivity contribution in [2.45, 2.75) is 19.8 Å². The van der Waals surface area contributed by atoms with Gasteiger partial charge in [-0.3, -0.25) is 5.43 Å². The third-order valence-corrected chi connectivity index (χ3v) is 7.16. The first kappa shape index (κ1) is 22.2. The fraction of sp³-hybridized carbons (Fsp3) is 0.208. The maximum absolute atomic E-state index is 4.20. The molecule has 5 rings (SSSR count). The number of hydrogen-bond donors (Lipinski definition) is 4. The van der Waals surface area contributed by atoms with Gasteiger partial charge in [-0.2, -0.15) is 0 Å². The van der Waals surface area contributed by atoms with E-state index < -0.39 is 0 Å². The summed E-state index contributed by atoms with van der Waals surface area (Å²) in [7, 11) is 0. The van der Waals surface area contributed by atoms with Crippen molar-refractivity contribution in [3.05, 3.63) is 71.7 Å². The van der Waals surface area contributed by atoms with E-state index in [9.17, 15) is 0 Å². The van der Waals surface area contributed by atoms with Gasteiger partial charge in [-0.25, -0.2) is 4.98 Å². The van der Waals surface area contributed by atoms with E-state index in [1.54, 1.807) is 17.5 Å². The van der Waals surface area contributed by atoms with Crippen LogP contribution in [-0.2, 0) is 0 Å². The zero-order valence-electron chi connectivity index (χ0n) is 18.8. The smallest absolute Gasteiger partial charge is 0.229 e. The molecular formula is C24H26N8S2. The van der Waals surface area contributed by atoms with Crippen LogP contribution < -0.4 is 26.6 Å². The molecule has 0 atom stereocenters. The van der Waals surface area contributed by atoms with Crippen LogP contribution in [0.3, 0.4) is 0 Å². The van der Waals surface area contributed by atoms with Crippen LogP contribution in [0, 0.1) is 6.92 Å². The van der Waals surface area contributed by atoms with Gasteiger partial charge in [0.15, 0.2) is 0 Å². The number of benzene rings is 2. The number of nitrogens with one attached hydrogen (secondary N) is 4. The van der Waals surface area contributed by atoms with Gasteiger partial charge in [-0.05, 0) is 79.9 Å². The van der Waals surface area contributed by atoms with Crippen molar-refractivity contribution in [3.63, 3.8) is 0 Å². The summed E-state index contributed by atoms with van der Waals surface area (Å²) in [6.45, 7) is 4.41. The molecule has 2 aromatic heterocycles. The maximum atomic E-state index is 4.20. The van der Waals surface area contributed by atoms with Gasteiger partial charge in [-0.15, -0.1) is 21.6 Å². The van der Waals surface area contributed by atoms with Gasteiger partial charge in [0.05, 0.1) is 27.8 Å². The Morgan fingerprint density at radius 1 is 0.853 bits per heavy atom. The van der Waals surface area contributed by atoms with Gasteiger partial charge in [0.1, 0.15) is 5.00 Å². The van der Waals surface area contributed by atoms with Gasteiger partial charge in [0.25, 0.3) is 0 Å². The summed E-state index contributed by atoms with van der Waals surface area (Å²) in [5.41, 5.74) is 18.0. The lowest BCUT2D eigenvalue weighted by molar-refractivity contribution is 0.949. The van der Waals surface area contributed by atoms with Gasteiger partial charge >= 0.3 is 0 Å². The molecule has 0 amide bonds. The Morgan fingerprint density at radius 2 is 1.65 bits per heavy atom. The summed E-state index contributed by atoms with van der Waals surface area (Å²) in [6, 6.07) is 18.2. The SMILES string of the molecule is Cc1cc(NNc2ccc(N3CCCC3)s2)ccc1NNc1ccc(/N=N/c2nccs2)cc1.